The average Bonchev–Trinajstić information content (AvgIpc) is 2.74. The number of nitrogens with zero attached hydrogens (tertiary/aromatic N) is 1. The fraction of sp³-hybridized carbons (Fsp3) is 0.400. The number of carbonyl (C=O) groups excluding carboxylic acids is 1. The second kappa shape index (κ2) is 4.67. The fourth-order valence-electron chi connectivity index (χ4n) is 2.64. The Morgan fingerprint density at radius 2 is 2.16 bits per heavy atom. The summed E-state index contributed by atoms with van der Waals surface area (Å²) in [6.07, 6.45) is 3.61. The molecule has 1 aromatic rings. The predicted molar refractivity (Wildman–Crippen MR) is 83.7 cm³/mol. The van der Waals surface area contributed by atoms with Gasteiger partial charge in [-0.05, 0) is 38.5 Å². The molecular formula is C15H16BrNOS. The molecule has 19 heavy (non-hydrogen) atoms. The van der Waals surface area contributed by atoms with E-state index >= 15 is 0 Å². The number of carbonyl (C=O) groups is 1. The molecule has 0 unspecified atom stereocenters. The topological polar surface area (TPSA) is 20.3 Å². The van der Waals surface area contributed by atoms with Gasteiger partial charge in [-0.1, -0.05) is 22.0 Å². The summed E-state index contributed by atoms with van der Waals surface area (Å²) in [4.78, 5) is 15.5. The van der Waals surface area contributed by atoms with Gasteiger partial charge >= 0.3 is 0 Å². The third-order valence-electron chi connectivity index (χ3n) is 3.42. The molecule has 1 aromatic carbocycles. The molecule has 0 radical (unpaired) electrons. The van der Waals surface area contributed by atoms with Gasteiger partial charge in [0, 0.05) is 27.1 Å². The van der Waals surface area contributed by atoms with Gasteiger partial charge in [-0.2, -0.15) is 0 Å². The van der Waals surface area contributed by atoms with E-state index in [0.29, 0.717) is 6.42 Å². The Balaban J connectivity index is 2.09. The Kier molecular flexibility index (Phi) is 3.26. The monoisotopic (exact) mass is 337 g/mol. The highest BCUT2D eigenvalue weighted by Gasteiger charge is 2.35. The van der Waals surface area contributed by atoms with Crippen molar-refractivity contribution in [2.75, 3.05) is 11.4 Å². The minimum Gasteiger partial charge on any atom is -0.337 e. The molecule has 1 aliphatic heterocycles. The van der Waals surface area contributed by atoms with Crippen LogP contribution in [0.4, 0.5) is 5.69 Å². The Bertz CT molecular complexity index is 580. The van der Waals surface area contributed by atoms with Crippen molar-refractivity contribution in [2.24, 2.45) is 0 Å². The molecule has 2 aliphatic rings. The lowest BCUT2D eigenvalue weighted by atomic mass is 10.1. The molecule has 0 atom stereocenters. The molecule has 0 fully saturated rings. The quantitative estimate of drug-likeness (QED) is 0.758. The van der Waals surface area contributed by atoms with Crippen LogP contribution in [0, 0.1) is 0 Å². The molecule has 0 bridgehead atoms. The second-order valence-electron chi connectivity index (χ2n) is 5.61. The Morgan fingerprint density at radius 3 is 2.84 bits per heavy atom. The fourth-order valence-corrected chi connectivity index (χ4v) is 4.19. The zero-order chi connectivity index (χ0) is 13.6. The zero-order valence-electron chi connectivity index (χ0n) is 11.1. The largest absolute Gasteiger partial charge is 0.337 e. The Labute approximate surface area is 126 Å². The number of thioether (sulfide) groups is 1. The lowest BCUT2D eigenvalue weighted by molar-refractivity contribution is -0.115. The van der Waals surface area contributed by atoms with Gasteiger partial charge in [0.05, 0.1) is 11.4 Å². The van der Waals surface area contributed by atoms with Crippen molar-refractivity contribution in [1.29, 1.82) is 0 Å². The highest BCUT2D eigenvalue weighted by molar-refractivity contribution is 9.10. The van der Waals surface area contributed by atoms with E-state index in [1.807, 2.05) is 11.8 Å². The Hall–Kier alpha value is -0.740. The Morgan fingerprint density at radius 1 is 1.37 bits per heavy atom. The van der Waals surface area contributed by atoms with E-state index in [4.69, 9.17) is 0 Å². The maximum absolute atomic E-state index is 12.1. The standard InChI is InChI=1S/C15H16BrNOS/c1-15(2)9-17(11-4-3-5-13(11)18)12-8-10(16)6-7-14(12)19-15/h4,6-8H,3,5,9H2,1-2H3. The van der Waals surface area contributed by atoms with Crippen LogP contribution in [0.5, 0.6) is 0 Å². The van der Waals surface area contributed by atoms with E-state index in [1.165, 1.54) is 4.90 Å². The first-order valence-electron chi connectivity index (χ1n) is 6.46. The van der Waals surface area contributed by atoms with Crippen molar-refractivity contribution >= 4 is 39.2 Å². The number of ketones is 1. The summed E-state index contributed by atoms with van der Waals surface area (Å²) in [5.74, 6) is 0.272. The van der Waals surface area contributed by atoms with Crippen molar-refractivity contribution < 1.29 is 4.79 Å². The maximum Gasteiger partial charge on any atom is 0.179 e. The van der Waals surface area contributed by atoms with Crippen molar-refractivity contribution in [3.63, 3.8) is 0 Å². The number of fused-ring (bicyclic) bond motifs is 1. The molecular weight excluding hydrogens is 322 g/mol. The molecule has 1 aliphatic carbocycles. The van der Waals surface area contributed by atoms with Gasteiger partial charge in [-0.15, -0.1) is 11.8 Å². The summed E-state index contributed by atoms with van der Waals surface area (Å²) >= 11 is 5.42. The summed E-state index contributed by atoms with van der Waals surface area (Å²) in [5, 5.41) is 0. The minimum absolute atomic E-state index is 0.116. The van der Waals surface area contributed by atoms with Crippen LogP contribution in [-0.2, 0) is 4.79 Å². The number of hydrogen-bond acceptors (Lipinski definition) is 3. The van der Waals surface area contributed by atoms with Crippen molar-refractivity contribution in [3.05, 3.63) is 34.4 Å². The number of hydrogen-bond donors (Lipinski definition) is 0. The summed E-state index contributed by atoms with van der Waals surface area (Å²) in [6.45, 7) is 5.34. The first-order chi connectivity index (χ1) is 8.96. The summed E-state index contributed by atoms with van der Waals surface area (Å²) in [6, 6.07) is 6.32. The first-order valence-corrected chi connectivity index (χ1v) is 8.07. The average molecular weight is 338 g/mol. The summed E-state index contributed by atoms with van der Waals surface area (Å²) in [5.41, 5.74) is 2.04. The van der Waals surface area contributed by atoms with Gasteiger partial charge in [-0.25, -0.2) is 0 Å². The number of allylic oxidation sites excluding steroid dienone is 2. The molecule has 0 spiro atoms. The second-order valence-corrected chi connectivity index (χ2v) is 8.28. The third-order valence-corrected chi connectivity index (χ3v) is 5.16. The van der Waals surface area contributed by atoms with Crippen molar-refractivity contribution in [2.45, 2.75) is 36.3 Å². The van der Waals surface area contributed by atoms with Crippen LogP contribution in [0.1, 0.15) is 26.7 Å². The van der Waals surface area contributed by atoms with Crippen LogP contribution in [0.2, 0.25) is 0 Å². The van der Waals surface area contributed by atoms with Crippen LogP contribution >= 0.6 is 27.7 Å². The third kappa shape index (κ3) is 2.48. The molecule has 100 valence electrons. The van der Waals surface area contributed by atoms with E-state index < -0.39 is 0 Å². The molecule has 0 amide bonds. The molecule has 1 heterocycles. The van der Waals surface area contributed by atoms with Crippen LogP contribution in [0.15, 0.2) is 39.3 Å². The van der Waals surface area contributed by atoms with E-state index in [1.54, 1.807) is 0 Å². The number of rotatable bonds is 1. The number of benzene rings is 1. The van der Waals surface area contributed by atoms with Gasteiger partial charge in [-0.3, -0.25) is 4.79 Å². The van der Waals surface area contributed by atoms with Crippen LogP contribution in [0.25, 0.3) is 0 Å². The normalized spacial score (nSPS) is 21.3. The van der Waals surface area contributed by atoms with Crippen LogP contribution in [-0.4, -0.2) is 17.1 Å². The smallest absolute Gasteiger partial charge is 0.179 e. The van der Waals surface area contributed by atoms with Gasteiger partial charge < -0.3 is 4.90 Å². The van der Waals surface area contributed by atoms with E-state index in [2.05, 4.69) is 59.0 Å². The van der Waals surface area contributed by atoms with E-state index in [0.717, 1.165) is 28.8 Å². The van der Waals surface area contributed by atoms with E-state index in [-0.39, 0.29) is 10.5 Å². The van der Waals surface area contributed by atoms with Crippen LogP contribution < -0.4 is 4.90 Å². The summed E-state index contributed by atoms with van der Waals surface area (Å²) < 4.78 is 1.17. The van der Waals surface area contributed by atoms with Crippen molar-refractivity contribution in [3.8, 4) is 0 Å². The molecule has 3 rings (SSSR count). The zero-order valence-corrected chi connectivity index (χ0v) is 13.5. The molecule has 0 N–H and O–H groups in total. The number of halogens is 1. The number of anilines is 1. The van der Waals surface area contributed by atoms with Crippen molar-refractivity contribution in [1.82, 2.24) is 0 Å². The molecule has 0 saturated heterocycles. The number of Topliss-reactive ketones (excluding diaryl/α,β-unsaturated/α-hetero) is 1. The maximum atomic E-state index is 12.1. The molecule has 4 heteroatoms. The van der Waals surface area contributed by atoms with Crippen LogP contribution in [0.3, 0.4) is 0 Å². The highest BCUT2D eigenvalue weighted by Crippen LogP contribution is 2.47. The van der Waals surface area contributed by atoms with Gasteiger partial charge in [0.2, 0.25) is 0 Å². The van der Waals surface area contributed by atoms with Gasteiger partial charge in [0.1, 0.15) is 0 Å². The van der Waals surface area contributed by atoms with E-state index in [9.17, 15) is 4.79 Å². The molecule has 0 aromatic heterocycles. The highest BCUT2D eigenvalue weighted by atomic mass is 79.9. The summed E-state index contributed by atoms with van der Waals surface area (Å²) in [7, 11) is 0. The molecule has 2 nitrogen and oxygen atoms in total. The minimum atomic E-state index is 0.116. The van der Waals surface area contributed by atoms with Gasteiger partial charge in [0.25, 0.3) is 0 Å². The lowest BCUT2D eigenvalue weighted by Crippen LogP contribution is -2.40. The SMILES string of the molecule is CC1(C)CN(C2=CCCC2=O)c2cc(Br)ccc2S1. The molecule has 0 saturated carbocycles. The van der Waals surface area contributed by atoms with Gasteiger partial charge in [0.15, 0.2) is 5.78 Å². The first kappa shape index (κ1) is 13.3. The predicted octanol–water partition coefficient (Wildman–Crippen LogP) is 4.39. The lowest BCUT2D eigenvalue weighted by Gasteiger charge is -2.40.